The van der Waals surface area contributed by atoms with Gasteiger partial charge in [-0.3, -0.25) is 4.79 Å². The van der Waals surface area contributed by atoms with Crippen LogP contribution in [-0.4, -0.2) is 17.1 Å². The minimum atomic E-state index is -0.810. The Morgan fingerprint density at radius 2 is 1.94 bits per heavy atom. The van der Waals surface area contributed by atoms with E-state index in [4.69, 9.17) is 10.8 Å². The fraction of sp³-hybridized carbons (Fsp3) is 0.214. The number of benzene rings is 2. The summed E-state index contributed by atoms with van der Waals surface area (Å²) in [5.74, 6) is -0.810. The normalized spacial score (nSPS) is 12.3. The van der Waals surface area contributed by atoms with E-state index in [0.717, 1.165) is 22.1 Å². The van der Waals surface area contributed by atoms with Crippen LogP contribution in [-0.2, 0) is 4.79 Å². The summed E-state index contributed by atoms with van der Waals surface area (Å²) in [6.45, 7) is 1.85. The third-order valence-corrected chi connectivity index (χ3v) is 2.84. The van der Waals surface area contributed by atoms with E-state index in [1.165, 1.54) is 0 Å². The lowest BCUT2D eigenvalue weighted by Crippen LogP contribution is -2.19. The first-order chi connectivity index (χ1) is 8.58. The van der Waals surface area contributed by atoms with Crippen LogP contribution < -0.4 is 11.1 Å². The van der Waals surface area contributed by atoms with Crippen LogP contribution in [0.3, 0.4) is 0 Å². The van der Waals surface area contributed by atoms with E-state index < -0.39 is 5.97 Å². The summed E-state index contributed by atoms with van der Waals surface area (Å²) >= 11 is 0. The van der Waals surface area contributed by atoms with Crippen molar-refractivity contribution in [2.75, 3.05) is 11.1 Å². The predicted octanol–water partition coefficient (Wildman–Crippen LogP) is 2.70. The van der Waals surface area contributed by atoms with Crippen molar-refractivity contribution in [2.45, 2.75) is 19.4 Å². The fourth-order valence-corrected chi connectivity index (χ4v) is 2.03. The van der Waals surface area contributed by atoms with E-state index >= 15 is 0 Å². The van der Waals surface area contributed by atoms with Crippen LogP contribution in [0, 0.1) is 0 Å². The van der Waals surface area contributed by atoms with Gasteiger partial charge in [-0.05, 0) is 19.1 Å². The zero-order valence-corrected chi connectivity index (χ0v) is 10.2. The van der Waals surface area contributed by atoms with Crippen LogP contribution in [0.4, 0.5) is 11.4 Å². The molecule has 0 unspecified atom stereocenters. The van der Waals surface area contributed by atoms with Crippen LogP contribution in [0.5, 0.6) is 0 Å². The van der Waals surface area contributed by atoms with Crippen molar-refractivity contribution in [3.8, 4) is 0 Å². The van der Waals surface area contributed by atoms with Crippen LogP contribution in [0.2, 0.25) is 0 Å². The largest absolute Gasteiger partial charge is 0.481 e. The number of carbonyl (C=O) groups is 1. The molecule has 2 aromatic carbocycles. The monoisotopic (exact) mass is 244 g/mol. The first-order valence-corrected chi connectivity index (χ1v) is 5.83. The summed E-state index contributed by atoms with van der Waals surface area (Å²) in [6.07, 6.45) is 0.0820. The molecule has 0 aliphatic rings. The molecule has 0 bridgehead atoms. The van der Waals surface area contributed by atoms with Crippen LogP contribution in [0.1, 0.15) is 13.3 Å². The standard InChI is InChI=1S/C14H16N2O2/c1-9(8-14(17)18)16-13-7-6-12(15)10-4-2-3-5-11(10)13/h2-7,9,16H,8,15H2,1H3,(H,17,18)/t9-/m0/s1. The average Bonchev–Trinajstić information content (AvgIpc) is 2.32. The van der Waals surface area contributed by atoms with Crippen molar-refractivity contribution in [3.05, 3.63) is 36.4 Å². The molecule has 4 heteroatoms. The Kier molecular flexibility index (Phi) is 3.37. The summed E-state index contributed by atoms with van der Waals surface area (Å²) < 4.78 is 0. The Balaban J connectivity index is 2.34. The molecular formula is C14H16N2O2. The SMILES string of the molecule is C[C@@H](CC(=O)O)Nc1ccc(N)c2ccccc12. The average molecular weight is 244 g/mol. The molecule has 18 heavy (non-hydrogen) atoms. The van der Waals surface area contributed by atoms with Gasteiger partial charge in [0.1, 0.15) is 0 Å². The molecule has 0 heterocycles. The molecule has 0 aliphatic heterocycles. The minimum Gasteiger partial charge on any atom is -0.481 e. The Hall–Kier alpha value is -2.23. The quantitative estimate of drug-likeness (QED) is 0.723. The Labute approximate surface area is 105 Å². The van der Waals surface area contributed by atoms with Gasteiger partial charge in [0.2, 0.25) is 0 Å². The highest BCUT2D eigenvalue weighted by molar-refractivity contribution is 6.01. The lowest BCUT2D eigenvalue weighted by Gasteiger charge is -2.16. The number of aliphatic carboxylic acids is 1. The Morgan fingerprint density at radius 3 is 2.61 bits per heavy atom. The van der Waals surface area contributed by atoms with Gasteiger partial charge >= 0.3 is 5.97 Å². The van der Waals surface area contributed by atoms with E-state index in [0.29, 0.717) is 0 Å². The van der Waals surface area contributed by atoms with E-state index in [-0.39, 0.29) is 12.5 Å². The second kappa shape index (κ2) is 4.96. The van der Waals surface area contributed by atoms with Crippen molar-refractivity contribution in [1.82, 2.24) is 0 Å². The van der Waals surface area contributed by atoms with Gasteiger partial charge in [0, 0.05) is 28.2 Å². The van der Waals surface area contributed by atoms with Crippen molar-refractivity contribution in [2.24, 2.45) is 0 Å². The number of nitrogens with two attached hydrogens (primary N) is 1. The van der Waals surface area contributed by atoms with Crippen molar-refractivity contribution in [1.29, 1.82) is 0 Å². The fourth-order valence-electron chi connectivity index (χ4n) is 2.03. The summed E-state index contributed by atoms with van der Waals surface area (Å²) in [7, 11) is 0. The van der Waals surface area contributed by atoms with Crippen molar-refractivity contribution < 1.29 is 9.90 Å². The van der Waals surface area contributed by atoms with Gasteiger partial charge in [-0.1, -0.05) is 24.3 Å². The van der Waals surface area contributed by atoms with Crippen molar-refractivity contribution >= 4 is 28.1 Å². The molecule has 4 N–H and O–H groups in total. The lowest BCUT2D eigenvalue weighted by molar-refractivity contribution is -0.137. The third-order valence-electron chi connectivity index (χ3n) is 2.84. The highest BCUT2D eigenvalue weighted by Crippen LogP contribution is 2.28. The number of nitrogens with one attached hydrogen (secondary N) is 1. The van der Waals surface area contributed by atoms with Gasteiger partial charge in [0.05, 0.1) is 6.42 Å². The number of carboxylic acids is 1. The highest BCUT2D eigenvalue weighted by Gasteiger charge is 2.09. The second-order valence-corrected chi connectivity index (χ2v) is 4.39. The number of hydrogen-bond donors (Lipinski definition) is 3. The summed E-state index contributed by atoms with van der Waals surface area (Å²) in [5, 5.41) is 14.0. The molecular weight excluding hydrogens is 228 g/mol. The zero-order valence-electron chi connectivity index (χ0n) is 10.2. The zero-order chi connectivity index (χ0) is 13.1. The molecule has 4 nitrogen and oxygen atoms in total. The van der Waals surface area contributed by atoms with Gasteiger partial charge in [0.25, 0.3) is 0 Å². The Morgan fingerprint density at radius 1 is 1.28 bits per heavy atom. The number of anilines is 2. The molecule has 0 saturated heterocycles. The van der Waals surface area contributed by atoms with Crippen molar-refractivity contribution in [3.63, 3.8) is 0 Å². The van der Waals surface area contributed by atoms with Gasteiger partial charge in [-0.2, -0.15) is 0 Å². The van der Waals surface area contributed by atoms with E-state index in [2.05, 4.69) is 5.32 Å². The molecule has 0 fully saturated rings. The first-order valence-electron chi connectivity index (χ1n) is 5.83. The molecule has 0 aliphatic carbocycles. The minimum absolute atomic E-state index is 0.0820. The molecule has 2 rings (SSSR count). The first kappa shape index (κ1) is 12.2. The van der Waals surface area contributed by atoms with Gasteiger partial charge in [-0.15, -0.1) is 0 Å². The molecule has 1 atom stereocenters. The smallest absolute Gasteiger partial charge is 0.305 e. The molecule has 94 valence electrons. The topological polar surface area (TPSA) is 75.3 Å². The number of fused-ring (bicyclic) bond motifs is 1. The van der Waals surface area contributed by atoms with Crippen LogP contribution in [0.15, 0.2) is 36.4 Å². The molecule has 0 aromatic heterocycles. The number of carboxylic acid groups (broad SMARTS) is 1. The maximum absolute atomic E-state index is 10.7. The number of rotatable bonds is 4. The Bertz CT molecular complexity index is 581. The van der Waals surface area contributed by atoms with Crippen LogP contribution >= 0.6 is 0 Å². The molecule has 0 amide bonds. The lowest BCUT2D eigenvalue weighted by atomic mass is 10.1. The maximum Gasteiger partial charge on any atom is 0.305 e. The van der Waals surface area contributed by atoms with Gasteiger partial charge < -0.3 is 16.2 Å². The summed E-state index contributed by atoms with van der Waals surface area (Å²) in [5.41, 5.74) is 7.55. The molecule has 0 spiro atoms. The van der Waals surface area contributed by atoms with Gasteiger partial charge in [-0.25, -0.2) is 0 Å². The summed E-state index contributed by atoms with van der Waals surface area (Å²) in [4.78, 5) is 10.7. The third kappa shape index (κ3) is 2.53. The van der Waals surface area contributed by atoms with E-state index in [9.17, 15) is 4.79 Å². The van der Waals surface area contributed by atoms with E-state index in [1.54, 1.807) is 0 Å². The highest BCUT2D eigenvalue weighted by atomic mass is 16.4. The molecule has 2 aromatic rings. The predicted molar refractivity (Wildman–Crippen MR) is 73.7 cm³/mol. The molecule has 0 radical (unpaired) electrons. The second-order valence-electron chi connectivity index (χ2n) is 4.39. The summed E-state index contributed by atoms with van der Waals surface area (Å²) in [6, 6.07) is 11.4. The molecule has 0 saturated carbocycles. The van der Waals surface area contributed by atoms with Crippen LogP contribution in [0.25, 0.3) is 10.8 Å². The number of hydrogen-bond acceptors (Lipinski definition) is 3. The maximum atomic E-state index is 10.7. The van der Waals surface area contributed by atoms with Gasteiger partial charge in [0.15, 0.2) is 0 Å². The van der Waals surface area contributed by atoms with E-state index in [1.807, 2.05) is 43.3 Å². The number of nitrogen functional groups attached to an aromatic ring is 1.